The van der Waals surface area contributed by atoms with Crippen LogP contribution in [-0.2, 0) is 6.54 Å². The quantitative estimate of drug-likeness (QED) is 0.921. The van der Waals surface area contributed by atoms with E-state index < -0.39 is 0 Å². The summed E-state index contributed by atoms with van der Waals surface area (Å²) in [5.41, 5.74) is 5.94. The fraction of sp³-hybridized carbons (Fsp3) is 0.692. The lowest BCUT2D eigenvalue weighted by atomic mass is 9.86. The lowest BCUT2D eigenvalue weighted by Crippen LogP contribution is -2.32. The zero-order chi connectivity index (χ0) is 12.3. The van der Waals surface area contributed by atoms with Crippen LogP contribution in [0.15, 0.2) is 15.9 Å². The molecule has 17 heavy (non-hydrogen) atoms. The van der Waals surface area contributed by atoms with Crippen molar-refractivity contribution in [2.75, 3.05) is 13.6 Å². The Labute approximate surface area is 116 Å². The first-order valence-corrected chi connectivity index (χ1v) is 7.93. The SMILES string of the molecule is CN(Cc1ccc(Br)s1)CC1CCC(N)CC1. The molecule has 2 rings (SSSR count). The number of hydrogen-bond acceptors (Lipinski definition) is 3. The highest BCUT2D eigenvalue weighted by molar-refractivity contribution is 9.11. The van der Waals surface area contributed by atoms with Gasteiger partial charge in [-0.2, -0.15) is 0 Å². The number of thiophene rings is 1. The highest BCUT2D eigenvalue weighted by atomic mass is 79.9. The third-order valence-corrected chi connectivity index (χ3v) is 5.12. The summed E-state index contributed by atoms with van der Waals surface area (Å²) in [6, 6.07) is 4.81. The molecule has 0 unspecified atom stereocenters. The van der Waals surface area contributed by atoms with E-state index in [1.54, 1.807) is 0 Å². The monoisotopic (exact) mass is 316 g/mol. The summed E-state index contributed by atoms with van der Waals surface area (Å²) in [6.07, 6.45) is 5.03. The van der Waals surface area contributed by atoms with Crippen molar-refractivity contribution in [3.8, 4) is 0 Å². The minimum Gasteiger partial charge on any atom is -0.328 e. The van der Waals surface area contributed by atoms with Crippen molar-refractivity contribution in [2.45, 2.75) is 38.3 Å². The summed E-state index contributed by atoms with van der Waals surface area (Å²) < 4.78 is 1.23. The molecule has 2 N–H and O–H groups in total. The van der Waals surface area contributed by atoms with Gasteiger partial charge < -0.3 is 10.6 Å². The molecule has 0 atom stereocenters. The molecule has 4 heteroatoms. The van der Waals surface area contributed by atoms with E-state index in [2.05, 4.69) is 40.0 Å². The predicted molar refractivity (Wildman–Crippen MR) is 78.3 cm³/mol. The standard InChI is InChI=1S/C13H21BrN2S/c1-16(9-12-6-7-13(14)17-12)8-10-2-4-11(15)5-3-10/h6-7,10-11H,2-5,8-9,15H2,1H3. The van der Waals surface area contributed by atoms with E-state index in [1.165, 1.54) is 40.9 Å². The summed E-state index contributed by atoms with van der Waals surface area (Å²) >= 11 is 5.35. The van der Waals surface area contributed by atoms with E-state index in [9.17, 15) is 0 Å². The highest BCUT2D eigenvalue weighted by Gasteiger charge is 2.19. The molecule has 96 valence electrons. The highest BCUT2D eigenvalue weighted by Crippen LogP contribution is 2.26. The maximum atomic E-state index is 5.94. The average molecular weight is 317 g/mol. The van der Waals surface area contributed by atoms with Crippen LogP contribution in [0.2, 0.25) is 0 Å². The van der Waals surface area contributed by atoms with E-state index in [0.29, 0.717) is 6.04 Å². The van der Waals surface area contributed by atoms with Gasteiger partial charge in [-0.15, -0.1) is 11.3 Å². The maximum Gasteiger partial charge on any atom is 0.0701 e. The van der Waals surface area contributed by atoms with E-state index in [0.717, 1.165) is 12.5 Å². The number of halogens is 1. The van der Waals surface area contributed by atoms with Gasteiger partial charge in [-0.1, -0.05) is 0 Å². The van der Waals surface area contributed by atoms with E-state index in [1.807, 2.05) is 11.3 Å². The Balaban J connectivity index is 1.75. The van der Waals surface area contributed by atoms with Gasteiger partial charge in [-0.05, 0) is 66.7 Å². The molecule has 1 saturated carbocycles. The van der Waals surface area contributed by atoms with Gasteiger partial charge in [0.15, 0.2) is 0 Å². The van der Waals surface area contributed by atoms with E-state index in [4.69, 9.17) is 5.73 Å². The van der Waals surface area contributed by atoms with Gasteiger partial charge in [0.2, 0.25) is 0 Å². The predicted octanol–water partition coefficient (Wildman–Crippen LogP) is 3.46. The first-order chi connectivity index (χ1) is 8.13. The lowest BCUT2D eigenvalue weighted by Gasteiger charge is -2.29. The molecule has 0 bridgehead atoms. The van der Waals surface area contributed by atoms with E-state index >= 15 is 0 Å². The molecule has 1 aliphatic rings. The Morgan fingerprint density at radius 2 is 2.06 bits per heavy atom. The minimum absolute atomic E-state index is 0.463. The van der Waals surface area contributed by atoms with Crippen LogP contribution in [0.25, 0.3) is 0 Å². The van der Waals surface area contributed by atoms with Crippen LogP contribution in [0.1, 0.15) is 30.6 Å². The molecule has 0 amide bonds. The van der Waals surface area contributed by atoms with Crippen LogP contribution >= 0.6 is 27.3 Å². The summed E-state index contributed by atoms with van der Waals surface area (Å²) in [7, 11) is 2.22. The normalized spacial score (nSPS) is 25.4. The van der Waals surface area contributed by atoms with Crippen molar-refractivity contribution < 1.29 is 0 Å². The van der Waals surface area contributed by atoms with Crippen LogP contribution in [0.3, 0.4) is 0 Å². The van der Waals surface area contributed by atoms with E-state index in [-0.39, 0.29) is 0 Å². The molecule has 1 aliphatic carbocycles. The van der Waals surface area contributed by atoms with Gasteiger partial charge in [-0.3, -0.25) is 0 Å². The van der Waals surface area contributed by atoms with Crippen molar-refractivity contribution in [3.63, 3.8) is 0 Å². The van der Waals surface area contributed by atoms with Crippen molar-refractivity contribution in [1.29, 1.82) is 0 Å². The molecule has 0 spiro atoms. The Kier molecular flexibility index (Phi) is 5.03. The van der Waals surface area contributed by atoms with Crippen molar-refractivity contribution in [1.82, 2.24) is 4.90 Å². The zero-order valence-electron chi connectivity index (χ0n) is 10.4. The summed E-state index contributed by atoms with van der Waals surface area (Å²) in [5, 5.41) is 0. The van der Waals surface area contributed by atoms with Gasteiger partial charge in [-0.25, -0.2) is 0 Å². The van der Waals surface area contributed by atoms with Gasteiger partial charge in [0.1, 0.15) is 0 Å². The third kappa shape index (κ3) is 4.36. The molecular formula is C13H21BrN2S. The van der Waals surface area contributed by atoms with Crippen LogP contribution in [0, 0.1) is 5.92 Å². The number of rotatable bonds is 4. The fourth-order valence-electron chi connectivity index (χ4n) is 2.58. The number of nitrogens with zero attached hydrogens (tertiary/aromatic N) is 1. The lowest BCUT2D eigenvalue weighted by molar-refractivity contribution is 0.220. The van der Waals surface area contributed by atoms with Crippen LogP contribution in [0.5, 0.6) is 0 Å². The molecule has 1 aromatic heterocycles. The van der Waals surface area contributed by atoms with Crippen LogP contribution < -0.4 is 5.73 Å². The molecule has 1 aromatic rings. The smallest absolute Gasteiger partial charge is 0.0701 e. The number of nitrogens with two attached hydrogens (primary N) is 1. The Bertz CT molecular complexity index is 345. The summed E-state index contributed by atoms with van der Waals surface area (Å²) in [6.45, 7) is 2.28. The summed E-state index contributed by atoms with van der Waals surface area (Å²) in [5.74, 6) is 0.850. The van der Waals surface area contributed by atoms with Crippen molar-refractivity contribution in [3.05, 3.63) is 20.8 Å². The minimum atomic E-state index is 0.463. The maximum absolute atomic E-state index is 5.94. The van der Waals surface area contributed by atoms with Crippen molar-refractivity contribution in [2.24, 2.45) is 11.7 Å². The van der Waals surface area contributed by atoms with Gasteiger partial charge in [0, 0.05) is 24.0 Å². The molecule has 1 heterocycles. The third-order valence-electron chi connectivity index (χ3n) is 3.52. The topological polar surface area (TPSA) is 29.3 Å². The zero-order valence-corrected chi connectivity index (χ0v) is 12.8. The molecule has 2 nitrogen and oxygen atoms in total. The molecule has 1 fully saturated rings. The largest absolute Gasteiger partial charge is 0.328 e. The van der Waals surface area contributed by atoms with Crippen LogP contribution in [0.4, 0.5) is 0 Å². The second kappa shape index (κ2) is 6.32. The molecule has 0 aromatic carbocycles. The first kappa shape index (κ1) is 13.5. The second-order valence-corrected chi connectivity index (χ2v) is 7.73. The average Bonchev–Trinajstić information content (AvgIpc) is 2.67. The first-order valence-electron chi connectivity index (χ1n) is 6.32. The molecule has 0 radical (unpaired) electrons. The van der Waals surface area contributed by atoms with Gasteiger partial charge >= 0.3 is 0 Å². The van der Waals surface area contributed by atoms with Gasteiger partial charge in [0.25, 0.3) is 0 Å². The summed E-state index contributed by atoms with van der Waals surface area (Å²) in [4.78, 5) is 3.88. The Morgan fingerprint density at radius 3 is 2.65 bits per heavy atom. The van der Waals surface area contributed by atoms with Crippen LogP contribution in [-0.4, -0.2) is 24.5 Å². The molecule has 0 aliphatic heterocycles. The van der Waals surface area contributed by atoms with Gasteiger partial charge in [0.05, 0.1) is 3.79 Å². The Morgan fingerprint density at radius 1 is 1.35 bits per heavy atom. The second-order valence-electron chi connectivity index (χ2n) is 5.18. The Hall–Kier alpha value is 0.1000. The molecule has 0 saturated heterocycles. The van der Waals surface area contributed by atoms with Crippen molar-refractivity contribution >= 4 is 27.3 Å². The fourth-order valence-corrected chi connectivity index (χ4v) is 4.14. The number of hydrogen-bond donors (Lipinski definition) is 1. The molecular weight excluding hydrogens is 296 g/mol.